The molecule has 0 amide bonds. The lowest BCUT2D eigenvalue weighted by molar-refractivity contribution is -0.137. The molecule has 0 aliphatic rings. The van der Waals surface area contributed by atoms with Crippen LogP contribution in [0.5, 0.6) is 0 Å². The molecule has 2 aromatic heterocycles. The molecule has 3 rings (SSSR count). The maximum atomic E-state index is 10.6. The first-order valence-electron chi connectivity index (χ1n) is 6.59. The molecule has 3 aromatic rings. The zero-order valence-corrected chi connectivity index (χ0v) is 10.9. The predicted molar refractivity (Wildman–Crippen MR) is 77.6 cm³/mol. The summed E-state index contributed by atoms with van der Waals surface area (Å²) >= 11 is 0. The van der Waals surface area contributed by atoms with Gasteiger partial charge in [-0.2, -0.15) is 0 Å². The lowest BCUT2D eigenvalue weighted by atomic mass is 9.99. The van der Waals surface area contributed by atoms with Crippen LogP contribution in [0.3, 0.4) is 0 Å². The van der Waals surface area contributed by atoms with E-state index in [4.69, 9.17) is 5.11 Å². The Labute approximate surface area is 116 Å². The number of aromatic nitrogens is 2. The number of pyridine rings is 2. The summed E-state index contributed by atoms with van der Waals surface area (Å²) in [7, 11) is 0. The normalized spacial score (nSPS) is 11.0. The highest BCUT2D eigenvalue weighted by Gasteiger charge is 2.08. The first-order chi connectivity index (χ1) is 9.75. The summed E-state index contributed by atoms with van der Waals surface area (Å²) in [6.45, 7) is 0. The molecule has 4 heteroatoms. The fourth-order valence-corrected chi connectivity index (χ4v) is 2.49. The Morgan fingerprint density at radius 3 is 2.65 bits per heavy atom. The zero-order valence-electron chi connectivity index (χ0n) is 10.9. The van der Waals surface area contributed by atoms with E-state index >= 15 is 0 Å². The van der Waals surface area contributed by atoms with E-state index in [1.807, 2.05) is 24.3 Å². The summed E-state index contributed by atoms with van der Waals surface area (Å²) in [5, 5.41) is 10.9. The van der Waals surface area contributed by atoms with Crippen molar-refractivity contribution in [2.24, 2.45) is 0 Å². The number of hydrogen-bond donors (Lipinski definition) is 1. The highest BCUT2D eigenvalue weighted by molar-refractivity contribution is 6.04. The first-order valence-corrected chi connectivity index (χ1v) is 6.59. The average molecular weight is 266 g/mol. The lowest BCUT2D eigenvalue weighted by Crippen LogP contribution is -1.97. The van der Waals surface area contributed by atoms with Gasteiger partial charge in [0.25, 0.3) is 0 Å². The minimum atomic E-state index is -0.755. The standard InChI is InChI=1S/C16H14N2O2/c19-14(20)7-1-4-11-10-12-5-2-8-17-15(12)16-13(11)6-3-9-18-16/h2-3,5-6,8-10H,1,4,7H2,(H,19,20). The van der Waals surface area contributed by atoms with Crippen LogP contribution in [-0.2, 0) is 11.2 Å². The number of hydrogen-bond acceptors (Lipinski definition) is 3. The van der Waals surface area contributed by atoms with Crippen molar-refractivity contribution in [3.05, 3.63) is 48.3 Å². The number of rotatable bonds is 4. The Kier molecular flexibility index (Phi) is 3.29. The van der Waals surface area contributed by atoms with Crippen LogP contribution in [0.2, 0.25) is 0 Å². The van der Waals surface area contributed by atoms with Crippen molar-refractivity contribution >= 4 is 27.8 Å². The summed E-state index contributed by atoms with van der Waals surface area (Å²) in [5.74, 6) is -0.755. The predicted octanol–water partition coefficient (Wildman–Crippen LogP) is 3.19. The van der Waals surface area contributed by atoms with Crippen LogP contribution in [0.15, 0.2) is 42.7 Å². The highest BCUT2D eigenvalue weighted by Crippen LogP contribution is 2.26. The van der Waals surface area contributed by atoms with E-state index < -0.39 is 5.97 Å². The van der Waals surface area contributed by atoms with Gasteiger partial charge in [0.1, 0.15) is 0 Å². The van der Waals surface area contributed by atoms with E-state index in [0.717, 1.165) is 33.8 Å². The van der Waals surface area contributed by atoms with Crippen LogP contribution in [0.4, 0.5) is 0 Å². The second kappa shape index (κ2) is 5.25. The number of carboxylic acid groups (broad SMARTS) is 1. The molecule has 4 nitrogen and oxygen atoms in total. The summed E-state index contributed by atoms with van der Waals surface area (Å²) in [5.41, 5.74) is 2.91. The molecule has 0 atom stereocenters. The van der Waals surface area contributed by atoms with Gasteiger partial charge in [-0.15, -0.1) is 0 Å². The van der Waals surface area contributed by atoms with Gasteiger partial charge in [-0.1, -0.05) is 12.1 Å². The van der Waals surface area contributed by atoms with Crippen LogP contribution in [0.1, 0.15) is 18.4 Å². The molecule has 20 heavy (non-hydrogen) atoms. The second-order valence-electron chi connectivity index (χ2n) is 4.76. The van der Waals surface area contributed by atoms with Crippen molar-refractivity contribution in [2.45, 2.75) is 19.3 Å². The molecule has 2 heterocycles. The number of fused-ring (bicyclic) bond motifs is 3. The molecule has 0 saturated carbocycles. The molecule has 0 aliphatic heterocycles. The Bertz CT molecular complexity index is 784. The molecule has 100 valence electrons. The zero-order chi connectivity index (χ0) is 13.9. The molecular formula is C16H14N2O2. The van der Waals surface area contributed by atoms with E-state index in [1.54, 1.807) is 12.4 Å². The number of carbonyl (C=O) groups is 1. The van der Waals surface area contributed by atoms with E-state index in [9.17, 15) is 4.79 Å². The fourth-order valence-electron chi connectivity index (χ4n) is 2.49. The van der Waals surface area contributed by atoms with E-state index in [2.05, 4.69) is 16.0 Å². The van der Waals surface area contributed by atoms with E-state index in [0.29, 0.717) is 6.42 Å². The van der Waals surface area contributed by atoms with Crippen molar-refractivity contribution < 1.29 is 9.90 Å². The Morgan fingerprint density at radius 2 is 1.85 bits per heavy atom. The third-order valence-corrected chi connectivity index (χ3v) is 3.38. The Balaban J connectivity index is 2.11. The lowest BCUT2D eigenvalue weighted by Gasteiger charge is -2.08. The van der Waals surface area contributed by atoms with Gasteiger partial charge in [0.15, 0.2) is 0 Å². The van der Waals surface area contributed by atoms with Crippen LogP contribution in [0, 0.1) is 0 Å². The van der Waals surface area contributed by atoms with Crippen LogP contribution >= 0.6 is 0 Å². The van der Waals surface area contributed by atoms with Gasteiger partial charge in [0.05, 0.1) is 11.0 Å². The number of nitrogens with zero attached hydrogens (tertiary/aromatic N) is 2. The van der Waals surface area contributed by atoms with Crippen molar-refractivity contribution in [2.75, 3.05) is 0 Å². The summed E-state index contributed by atoms with van der Waals surface area (Å²) < 4.78 is 0. The third-order valence-electron chi connectivity index (χ3n) is 3.38. The molecule has 0 aliphatic carbocycles. The largest absolute Gasteiger partial charge is 0.481 e. The van der Waals surface area contributed by atoms with E-state index in [-0.39, 0.29) is 6.42 Å². The minimum absolute atomic E-state index is 0.187. The molecule has 1 N–H and O–H groups in total. The van der Waals surface area contributed by atoms with Crippen molar-refractivity contribution in [1.82, 2.24) is 9.97 Å². The van der Waals surface area contributed by atoms with Gasteiger partial charge in [0.2, 0.25) is 0 Å². The molecule has 0 unspecified atom stereocenters. The maximum Gasteiger partial charge on any atom is 0.303 e. The summed E-state index contributed by atoms with van der Waals surface area (Å²) in [6, 6.07) is 9.92. The summed E-state index contributed by atoms with van der Waals surface area (Å²) in [6.07, 6.45) is 5.08. The topological polar surface area (TPSA) is 63.1 Å². The summed E-state index contributed by atoms with van der Waals surface area (Å²) in [4.78, 5) is 19.5. The van der Waals surface area contributed by atoms with Gasteiger partial charge in [-0.25, -0.2) is 0 Å². The van der Waals surface area contributed by atoms with Gasteiger partial charge < -0.3 is 5.11 Å². The van der Waals surface area contributed by atoms with Crippen LogP contribution in [-0.4, -0.2) is 21.0 Å². The second-order valence-corrected chi connectivity index (χ2v) is 4.76. The van der Waals surface area contributed by atoms with Crippen LogP contribution < -0.4 is 0 Å². The van der Waals surface area contributed by atoms with Crippen molar-refractivity contribution in [1.29, 1.82) is 0 Å². The molecule has 1 aromatic carbocycles. The quantitative estimate of drug-likeness (QED) is 0.737. The fraction of sp³-hybridized carbons (Fsp3) is 0.188. The average Bonchev–Trinajstić information content (AvgIpc) is 2.47. The number of aliphatic carboxylic acids is 1. The highest BCUT2D eigenvalue weighted by atomic mass is 16.4. The number of carboxylic acids is 1. The van der Waals surface area contributed by atoms with Gasteiger partial charge in [-0.3, -0.25) is 14.8 Å². The molecule has 0 radical (unpaired) electrons. The van der Waals surface area contributed by atoms with Gasteiger partial charge in [-0.05, 0) is 36.6 Å². The van der Waals surface area contributed by atoms with Crippen LogP contribution in [0.25, 0.3) is 21.8 Å². The van der Waals surface area contributed by atoms with Crippen molar-refractivity contribution in [3.8, 4) is 0 Å². The van der Waals surface area contributed by atoms with E-state index in [1.165, 1.54) is 0 Å². The molecule has 0 bridgehead atoms. The SMILES string of the molecule is O=C(O)CCCc1cc2cccnc2c2ncccc12. The smallest absolute Gasteiger partial charge is 0.303 e. The molecule has 0 fully saturated rings. The number of benzene rings is 1. The molecular weight excluding hydrogens is 252 g/mol. The Hall–Kier alpha value is -2.49. The molecule has 0 saturated heterocycles. The first kappa shape index (κ1) is 12.5. The Morgan fingerprint density at radius 1 is 1.10 bits per heavy atom. The van der Waals surface area contributed by atoms with Crippen molar-refractivity contribution in [3.63, 3.8) is 0 Å². The van der Waals surface area contributed by atoms with Gasteiger partial charge >= 0.3 is 5.97 Å². The minimum Gasteiger partial charge on any atom is -0.481 e. The molecule has 0 spiro atoms. The monoisotopic (exact) mass is 266 g/mol. The number of aryl methyl sites for hydroxylation is 1. The third kappa shape index (κ3) is 2.32. The van der Waals surface area contributed by atoms with Gasteiger partial charge in [0, 0.05) is 29.6 Å². The maximum absolute atomic E-state index is 10.6.